The summed E-state index contributed by atoms with van der Waals surface area (Å²) in [6, 6.07) is 16.2. The van der Waals surface area contributed by atoms with E-state index in [9.17, 15) is 14.4 Å². The van der Waals surface area contributed by atoms with Gasteiger partial charge in [-0.25, -0.2) is 0 Å². The van der Waals surface area contributed by atoms with Gasteiger partial charge in [0.2, 0.25) is 12.0 Å². The Bertz CT molecular complexity index is 874. The second-order valence-corrected chi connectivity index (χ2v) is 7.61. The van der Waals surface area contributed by atoms with E-state index < -0.39 is 23.2 Å². The Labute approximate surface area is 173 Å². The van der Waals surface area contributed by atoms with Crippen LogP contribution < -0.4 is 10.6 Å². The van der Waals surface area contributed by atoms with Crippen LogP contribution in [0.2, 0.25) is 0 Å². The molecule has 2 atom stereocenters. The predicted octanol–water partition coefficient (Wildman–Crippen LogP) is 2.54. The molecule has 0 aromatic heterocycles. The molecule has 0 unspecified atom stereocenters. The first-order chi connectivity index (χ1) is 14.1. The fourth-order valence-corrected chi connectivity index (χ4v) is 3.92. The monoisotopic (exact) mass is 414 g/mol. The summed E-state index contributed by atoms with van der Waals surface area (Å²) in [6.45, 7) is 0.646. The van der Waals surface area contributed by atoms with E-state index in [4.69, 9.17) is 9.47 Å². The molecule has 1 heterocycles. The van der Waals surface area contributed by atoms with Crippen molar-refractivity contribution in [2.45, 2.75) is 22.7 Å². The van der Waals surface area contributed by atoms with Crippen LogP contribution in [0.25, 0.3) is 0 Å². The standard InChI is InChI=1S/C21H22N2O5S/c1-27-12-11-22-21(26)19(14-7-3-2-4-8-14)28-18(24)13-17-20(25)23-15-9-5-6-10-16(15)29-17/h2-10,17,19H,11-13H2,1H3,(H,22,26)(H,23,25)/t17-,19-/m1/s1. The summed E-state index contributed by atoms with van der Waals surface area (Å²) in [4.78, 5) is 38.3. The summed E-state index contributed by atoms with van der Waals surface area (Å²) in [7, 11) is 1.53. The first-order valence-electron chi connectivity index (χ1n) is 9.16. The number of nitrogens with one attached hydrogen (secondary N) is 2. The SMILES string of the molecule is COCCNC(=O)[C@H](OC(=O)C[C@H]1Sc2ccccc2NC1=O)c1ccccc1. The molecule has 2 amide bonds. The second kappa shape index (κ2) is 10.1. The van der Waals surface area contributed by atoms with Crippen LogP contribution in [0, 0.1) is 0 Å². The maximum atomic E-state index is 12.6. The van der Waals surface area contributed by atoms with Crippen LogP contribution in [0.3, 0.4) is 0 Å². The molecule has 0 saturated heterocycles. The molecule has 1 aliphatic rings. The summed E-state index contributed by atoms with van der Waals surface area (Å²) in [5, 5.41) is 4.86. The molecule has 0 fully saturated rings. The average Bonchev–Trinajstić information content (AvgIpc) is 2.73. The summed E-state index contributed by atoms with van der Waals surface area (Å²) < 4.78 is 10.4. The molecule has 7 nitrogen and oxygen atoms in total. The zero-order valence-electron chi connectivity index (χ0n) is 15.9. The molecule has 8 heteroatoms. The van der Waals surface area contributed by atoms with E-state index in [0.717, 1.165) is 10.6 Å². The Balaban J connectivity index is 1.67. The lowest BCUT2D eigenvalue weighted by atomic mass is 10.1. The Kier molecular flexibility index (Phi) is 7.26. The van der Waals surface area contributed by atoms with Crippen molar-refractivity contribution < 1.29 is 23.9 Å². The zero-order valence-corrected chi connectivity index (χ0v) is 16.7. The van der Waals surface area contributed by atoms with Gasteiger partial charge in [-0.05, 0) is 12.1 Å². The van der Waals surface area contributed by atoms with Crippen LogP contribution in [-0.2, 0) is 23.9 Å². The van der Waals surface area contributed by atoms with Crippen LogP contribution in [0.5, 0.6) is 0 Å². The normalized spacial score (nSPS) is 16.3. The Morgan fingerprint density at radius 1 is 1.14 bits per heavy atom. The van der Waals surface area contributed by atoms with Gasteiger partial charge in [-0.2, -0.15) is 0 Å². The van der Waals surface area contributed by atoms with Gasteiger partial charge in [-0.3, -0.25) is 14.4 Å². The fourth-order valence-electron chi connectivity index (χ4n) is 2.83. The molecule has 0 spiro atoms. The third kappa shape index (κ3) is 5.58. The number of carbonyl (C=O) groups is 3. The predicted molar refractivity (Wildman–Crippen MR) is 109 cm³/mol. The number of ether oxygens (including phenoxy) is 2. The molecule has 0 bridgehead atoms. The Morgan fingerprint density at radius 2 is 1.86 bits per heavy atom. The Hall–Kier alpha value is -2.84. The quantitative estimate of drug-likeness (QED) is 0.509. The number of hydrogen-bond acceptors (Lipinski definition) is 6. The molecule has 0 aliphatic carbocycles. The average molecular weight is 414 g/mol. The number of methoxy groups -OCH3 is 1. The van der Waals surface area contributed by atoms with Crippen LogP contribution in [0.15, 0.2) is 59.5 Å². The number of benzene rings is 2. The van der Waals surface area contributed by atoms with Crippen molar-refractivity contribution in [3.63, 3.8) is 0 Å². The van der Waals surface area contributed by atoms with E-state index in [0.29, 0.717) is 18.7 Å². The summed E-state index contributed by atoms with van der Waals surface area (Å²) in [6.07, 6.45) is -1.23. The minimum atomic E-state index is -1.09. The number of esters is 1. The molecule has 29 heavy (non-hydrogen) atoms. The van der Waals surface area contributed by atoms with Gasteiger partial charge in [-0.15, -0.1) is 11.8 Å². The van der Waals surface area contributed by atoms with Crippen LogP contribution >= 0.6 is 11.8 Å². The number of para-hydroxylation sites is 1. The zero-order chi connectivity index (χ0) is 20.6. The van der Waals surface area contributed by atoms with Gasteiger partial charge < -0.3 is 20.1 Å². The molecule has 3 rings (SSSR count). The lowest BCUT2D eigenvalue weighted by Gasteiger charge is -2.24. The second-order valence-electron chi connectivity index (χ2n) is 6.36. The number of rotatable bonds is 8. The minimum Gasteiger partial charge on any atom is -0.447 e. The molecule has 2 aromatic rings. The molecular formula is C21H22N2O5S. The van der Waals surface area contributed by atoms with Crippen LogP contribution in [0.4, 0.5) is 5.69 Å². The third-order valence-corrected chi connectivity index (χ3v) is 5.53. The maximum absolute atomic E-state index is 12.6. The van der Waals surface area contributed by atoms with E-state index >= 15 is 0 Å². The molecule has 0 radical (unpaired) electrons. The molecule has 152 valence electrons. The topological polar surface area (TPSA) is 93.7 Å². The number of amides is 2. The maximum Gasteiger partial charge on any atom is 0.308 e. The van der Waals surface area contributed by atoms with Gasteiger partial charge in [-0.1, -0.05) is 42.5 Å². The van der Waals surface area contributed by atoms with Crippen molar-refractivity contribution in [1.29, 1.82) is 0 Å². The van der Waals surface area contributed by atoms with Gasteiger partial charge >= 0.3 is 5.97 Å². The van der Waals surface area contributed by atoms with Crippen molar-refractivity contribution in [1.82, 2.24) is 5.32 Å². The third-order valence-electron chi connectivity index (χ3n) is 4.25. The highest BCUT2D eigenvalue weighted by Crippen LogP contribution is 2.37. The molecule has 2 N–H and O–H groups in total. The number of carbonyl (C=O) groups excluding carboxylic acids is 3. The van der Waals surface area contributed by atoms with E-state index in [1.807, 2.05) is 30.3 Å². The number of anilines is 1. The lowest BCUT2D eigenvalue weighted by Crippen LogP contribution is -2.36. The first-order valence-corrected chi connectivity index (χ1v) is 10.0. The van der Waals surface area contributed by atoms with Crippen LogP contribution in [0.1, 0.15) is 18.1 Å². The number of thioether (sulfide) groups is 1. The number of hydrogen-bond donors (Lipinski definition) is 2. The van der Waals surface area contributed by atoms with Crippen molar-refractivity contribution in [3.8, 4) is 0 Å². The highest BCUT2D eigenvalue weighted by atomic mass is 32.2. The van der Waals surface area contributed by atoms with Crippen molar-refractivity contribution in [2.75, 3.05) is 25.6 Å². The van der Waals surface area contributed by atoms with Crippen molar-refractivity contribution in [3.05, 3.63) is 60.2 Å². The highest BCUT2D eigenvalue weighted by molar-refractivity contribution is 8.01. The lowest BCUT2D eigenvalue weighted by molar-refractivity contribution is -0.156. The molecule has 1 aliphatic heterocycles. The highest BCUT2D eigenvalue weighted by Gasteiger charge is 2.32. The molecule has 0 saturated carbocycles. The van der Waals surface area contributed by atoms with Gasteiger partial charge in [0.1, 0.15) is 0 Å². The fraction of sp³-hybridized carbons (Fsp3) is 0.286. The summed E-state index contributed by atoms with van der Waals surface area (Å²) in [5.74, 6) is -1.31. The minimum absolute atomic E-state index is 0.139. The van der Waals surface area contributed by atoms with E-state index in [1.165, 1.54) is 18.9 Å². The van der Waals surface area contributed by atoms with Crippen molar-refractivity contribution in [2.24, 2.45) is 0 Å². The summed E-state index contributed by atoms with van der Waals surface area (Å²) >= 11 is 1.31. The Morgan fingerprint density at radius 3 is 2.62 bits per heavy atom. The van der Waals surface area contributed by atoms with E-state index in [1.54, 1.807) is 24.3 Å². The first kappa shape index (κ1) is 20.9. The summed E-state index contributed by atoms with van der Waals surface area (Å²) in [5.41, 5.74) is 1.29. The smallest absolute Gasteiger partial charge is 0.308 e. The van der Waals surface area contributed by atoms with E-state index in [2.05, 4.69) is 10.6 Å². The van der Waals surface area contributed by atoms with Crippen molar-refractivity contribution >= 4 is 35.2 Å². The molecular weight excluding hydrogens is 392 g/mol. The number of fused-ring (bicyclic) bond motifs is 1. The van der Waals surface area contributed by atoms with Gasteiger partial charge in [0.05, 0.1) is 24.0 Å². The van der Waals surface area contributed by atoms with Gasteiger partial charge in [0, 0.05) is 24.1 Å². The largest absolute Gasteiger partial charge is 0.447 e. The van der Waals surface area contributed by atoms with Crippen LogP contribution in [-0.4, -0.2) is 43.3 Å². The van der Waals surface area contributed by atoms with Gasteiger partial charge in [0.15, 0.2) is 0 Å². The molecule has 2 aromatic carbocycles. The van der Waals surface area contributed by atoms with Gasteiger partial charge in [0.25, 0.3) is 5.91 Å². The van der Waals surface area contributed by atoms with E-state index in [-0.39, 0.29) is 12.3 Å².